The fraction of sp³-hybridized carbons (Fsp3) is 0.381. The van der Waals surface area contributed by atoms with E-state index in [4.69, 9.17) is 4.74 Å². The predicted molar refractivity (Wildman–Crippen MR) is 109 cm³/mol. The van der Waals surface area contributed by atoms with Gasteiger partial charge in [0, 0.05) is 26.7 Å². The minimum absolute atomic E-state index is 0.230. The summed E-state index contributed by atoms with van der Waals surface area (Å²) in [5.41, 5.74) is 2.13. The van der Waals surface area contributed by atoms with E-state index in [9.17, 15) is 4.39 Å². The summed E-state index contributed by atoms with van der Waals surface area (Å²) in [7, 11) is 5.85. The van der Waals surface area contributed by atoms with Crippen LogP contribution in [0, 0.1) is 5.82 Å². The van der Waals surface area contributed by atoms with Gasteiger partial charge in [-0.05, 0) is 55.9 Å². The van der Waals surface area contributed by atoms with Gasteiger partial charge < -0.3 is 20.3 Å². The van der Waals surface area contributed by atoms with Gasteiger partial charge in [0.1, 0.15) is 11.6 Å². The molecule has 0 unspecified atom stereocenters. The summed E-state index contributed by atoms with van der Waals surface area (Å²) in [6.07, 6.45) is 1.01. The van der Waals surface area contributed by atoms with Gasteiger partial charge in [0.25, 0.3) is 0 Å². The summed E-state index contributed by atoms with van der Waals surface area (Å²) < 4.78 is 18.7. The largest absolute Gasteiger partial charge is 0.494 e. The first-order chi connectivity index (χ1) is 13.1. The number of aliphatic imine (C=N–C) groups is 1. The zero-order chi connectivity index (χ0) is 19.5. The summed E-state index contributed by atoms with van der Waals surface area (Å²) in [5, 5.41) is 6.49. The van der Waals surface area contributed by atoms with Crippen LogP contribution in [0.15, 0.2) is 53.5 Å². The van der Waals surface area contributed by atoms with Crippen LogP contribution in [0.5, 0.6) is 5.75 Å². The Morgan fingerprint density at radius 2 is 1.52 bits per heavy atom. The second-order valence-corrected chi connectivity index (χ2v) is 6.56. The van der Waals surface area contributed by atoms with Crippen molar-refractivity contribution in [1.82, 2.24) is 15.5 Å². The molecule has 146 valence electrons. The molecule has 6 heteroatoms. The predicted octanol–water partition coefficient (Wildman–Crippen LogP) is 3.02. The van der Waals surface area contributed by atoms with E-state index in [1.807, 2.05) is 24.3 Å². The standard InChI is InChI=1S/C21H29FN4O/c1-23-21(24-15-17-5-9-19(22)10-6-17)25-16-18-7-11-20(12-8-18)27-14-4-13-26(2)3/h5-12H,4,13-16H2,1-3H3,(H2,23,24,25). The Kier molecular flexibility index (Phi) is 8.58. The van der Waals surface area contributed by atoms with Gasteiger partial charge in [-0.3, -0.25) is 4.99 Å². The van der Waals surface area contributed by atoms with E-state index in [2.05, 4.69) is 34.6 Å². The van der Waals surface area contributed by atoms with Crippen molar-refractivity contribution in [3.63, 3.8) is 0 Å². The number of rotatable bonds is 9. The monoisotopic (exact) mass is 372 g/mol. The molecule has 0 aliphatic carbocycles. The van der Waals surface area contributed by atoms with Crippen molar-refractivity contribution < 1.29 is 9.13 Å². The smallest absolute Gasteiger partial charge is 0.191 e. The van der Waals surface area contributed by atoms with Gasteiger partial charge in [-0.2, -0.15) is 0 Å². The molecular weight excluding hydrogens is 343 g/mol. The van der Waals surface area contributed by atoms with E-state index in [1.54, 1.807) is 19.2 Å². The molecule has 0 bridgehead atoms. The Morgan fingerprint density at radius 3 is 2.04 bits per heavy atom. The molecule has 0 aliphatic rings. The Balaban J connectivity index is 1.73. The van der Waals surface area contributed by atoms with Gasteiger partial charge in [0.15, 0.2) is 5.96 Å². The second-order valence-electron chi connectivity index (χ2n) is 6.56. The van der Waals surface area contributed by atoms with Gasteiger partial charge in [-0.15, -0.1) is 0 Å². The molecule has 5 nitrogen and oxygen atoms in total. The topological polar surface area (TPSA) is 48.9 Å². The van der Waals surface area contributed by atoms with Gasteiger partial charge in [0.2, 0.25) is 0 Å². The maximum absolute atomic E-state index is 12.9. The molecule has 2 N–H and O–H groups in total. The van der Waals surface area contributed by atoms with Crippen LogP contribution in [0.1, 0.15) is 17.5 Å². The molecule has 0 atom stereocenters. The molecule has 2 aromatic rings. The number of nitrogens with zero attached hydrogens (tertiary/aromatic N) is 2. The molecule has 0 saturated heterocycles. The van der Waals surface area contributed by atoms with Crippen LogP contribution >= 0.6 is 0 Å². The van der Waals surface area contributed by atoms with Crippen LogP contribution in [0.4, 0.5) is 4.39 Å². The quantitative estimate of drug-likeness (QED) is 0.404. The molecule has 2 aromatic carbocycles. The van der Waals surface area contributed by atoms with Crippen molar-refractivity contribution >= 4 is 5.96 Å². The number of hydrogen-bond donors (Lipinski definition) is 2. The molecule has 2 rings (SSSR count). The first-order valence-corrected chi connectivity index (χ1v) is 9.12. The van der Waals surface area contributed by atoms with Crippen molar-refractivity contribution in [3.8, 4) is 5.75 Å². The minimum atomic E-state index is -0.230. The zero-order valence-corrected chi connectivity index (χ0v) is 16.3. The summed E-state index contributed by atoms with van der Waals surface area (Å²) >= 11 is 0. The summed E-state index contributed by atoms with van der Waals surface area (Å²) in [5.74, 6) is 1.35. The van der Waals surface area contributed by atoms with Crippen LogP contribution in [0.2, 0.25) is 0 Å². The van der Waals surface area contributed by atoms with Crippen molar-refractivity contribution in [2.45, 2.75) is 19.5 Å². The van der Waals surface area contributed by atoms with Gasteiger partial charge in [0.05, 0.1) is 6.61 Å². The highest BCUT2D eigenvalue weighted by Crippen LogP contribution is 2.12. The number of guanidine groups is 1. The highest BCUT2D eigenvalue weighted by Gasteiger charge is 2.01. The molecule has 0 fully saturated rings. The van der Waals surface area contributed by atoms with Crippen LogP contribution in [0.3, 0.4) is 0 Å². The lowest BCUT2D eigenvalue weighted by Gasteiger charge is -2.13. The zero-order valence-electron chi connectivity index (χ0n) is 16.3. The van der Waals surface area contributed by atoms with E-state index in [1.165, 1.54) is 12.1 Å². The highest BCUT2D eigenvalue weighted by atomic mass is 19.1. The van der Waals surface area contributed by atoms with E-state index >= 15 is 0 Å². The summed E-state index contributed by atoms with van der Waals surface area (Å²) in [4.78, 5) is 6.36. The van der Waals surface area contributed by atoms with Gasteiger partial charge in [-0.25, -0.2) is 4.39 Å². The van der Waals surface area contributed by atoms with Crippen molar-refractivity contribution in [2.75, 3.05) is 34.3 Å². The van der Waals surface area contributed by atoms with Crippen molar-refractivity contribution in [3.05, 3.63) is 65.5 Å². The van der Waals surface area contributed by atoms with Crippen LogP contribution in [-0.2, 0) is 13.1 Å². The number of hydrogen-bond acceptors (Lipinski definition) is 3. The fourth-order valence-corrected chi connectivity index (χ4v) is 2.47. The highest BCUT2D eigenvalue weighted by molar-refractivity contribution is 5.79. The van der Waals surface area contributed by atoms with Crippen molar-refractivity contribution in [2.24, 2.45) is 4.99 Å². The van der Waals surface area contributed by atoms with Crippen LogP contribution < -0.4 is 15.4 Å². The summed E-state index contributed by atoms with van der Waals surface area (Å²) in [6, 6.07) is 14.5. The molecule has 0 amide bonds. The third kappa shape index (κ3) is 8.09. The maximum atomic E-state index is 12.9. The lowest BCUT2D eigenvalue weighted by molar-refractivity contribution is 0.281. The number of halogens is 1. The molecule has 0 heterocycles. The fourth-order valence-electron chi connectivity index (χ4n) is 2.47. The SMILES string of the molecule is CN=C(NCc1ccc(F)cc1)NCc1ccc(OCCCN(C)C)cc1. The van der Waals surface area contributed by atoms with E-state index in [0.717, 1.165) is 36.4 Å². The molecule has 0 radical (unpaired) electrons. The van der Waals surface area contributed by atoms with Gasteiger partial charge >= 0.3 is 0 Å². The molecular formula is C21H29FN4O. The Bertz CT molecular complexity index is 699. The Labute approximate surface area is 161 Å². The van der Waals surface area contributed by atoms with Crippen LogP contribution in [0.25, 0.3) is 0 Å². The second kappa shape index (κ2) is 11.2. The molecule has 0 saturated carbocycles. The van der Waals surface area contributed by atoms with E-state index in [-0.39, 0.29) is 5.82 Å². The molecule has 0 aliphatic heterocycles. The first kappa shape index (κ1) is 20.7. The number of nitrogens with one attached hydrogen (secondary N) is 2. The average molecular weight is 372 g/mol. The first-order valence-electron chi connectivity index (χ1n) is 9.12. The number of ether oxygens (including phenoxy) is 1. The maximum Gasteiger partial charge on any atom is 0.191 e. The van der Waals surface area contributed by atoms with Crippen LogP contribution in [-0.4, -0.2) is 45.2 Å². The van der Waals surface area contributed by atoms with Gasteiger partial charge in [-0.1, -0.05) is 24.3 Å². The molecule has 27 heavy (non-hydrogen) atoms. The van der Waals surface area contributed by atoms with E-state index < -0.39 is 0 Å². The van der Waals surface area contributed by atoms with E-state index in [0.29, 0.717) is 19.0 Å². The van der Waals surface area contributed by atoms with Crippen molar-refractivity contribution in [1.29, 1.82) is 0 Å². The molecule has 0 aromatic heterocycles. The Morgan fingerprint density at radius 1 is 0.963 bits per heavy atom. The minimum Gasteiger partial charge on any atom is -0.494 e. The molecule has 0 spiro atoms. The third-order valence-electron chi connectivity index (χ3n) is 4.00. The number of benzene rings is 2. The lowest BCUT2D eigenvalue weighted by Crippen LogP contribution is -2.36. The third-order valence-corrected chi connectivity index (χ3v) is 4.00. The Hall–Kier alpha value is -2.60. The average Bonchev–Trinajstić information content (AvgIpc) is 2.67. The summed E-state index contributed by atoms with van der Waals surface area (Å²) in [6.45, 7) is 2.98. The lowest BCUT2D eigenvalue weighted by atomic mass is 10.2. The normalized spacial score (nSPS) is 11.5.